The number of benzene rings is 3. The second-order valence-electron chi connectivity index (χ2n) is 9.44. The fourth-order valence-corrected chi connectivity index (χ4v) is 4.44. The van der Waals surface area contributed by atoms with Crippen LogP contribution >= 0.6 is 0 Å². The van der Waals surface area contributed by atoms with Crippen LogP contribution in [-0.2, 0) is 24.7 Å². The van der Waals surface area contributed by atoms with Crippen molar-refractivity contribution in [1.82, 2.24) is 0 Å². The van der Waals surface area contributed by atoms with E-state index in [0.717, 1.165) is 0 Å². The molecule has 8 nitrogen and oxygen atoms in total. The van der Waals surface area contributed by atoms with Crippen molar-refractivity contribution in [1.29, 1.82) is 0 Å². The van der Waals surface area contributed by atoms with E-state index in [9.17, 15) is 14.4 Å². The third kappa shape index (κ3) is 4.25. The number of fused-ring (bicyclic) bond motifs is 6. The third-order valence-corrected chi connectivity index (χ3v) is 5.76. The van der Waals surface area contributed by atoms with Gasteiger partial charge in [0.05, 0.1) is 5.56 Å². The first kappa shape index (κ1) is 23.9. The molecule has 2 heterocycles. The minimum absolute atomic E-state index is 0.162. The van der Waals surface area contributed by atoms with Crippen LogP contribution in [0.15, 0.2) is 60.7 Å². The lowest BCUT2D eigenvalue weighted by Crippen LogP contribution is -2.33. The Balaban J connectivity index is 1.58. The molecular formula is C29H22O8. The number of esters is 3. The number of hydrogen-bond donors (Lipinski definition) is 0. The summed E-state index contributed by atoms with van der Waals surface area (Å²) in [5.74, 6) is 1.16. The van der Waals surface area contributed by atoms with E-state index in [1.165, 1.54) is 6.07 Å². The van der Waals surface area contributed by atoms with Crippen LogP contribution < -0.4 is 14.2 Å². The highest BCUT2D eigenvalue weighted by atomic mass is 16.6. The zero-order valence-electron chi connectivity index (χ0n) is 20.3. The minimum Gasteiger partial charge on any atom is -0.482 e. The number of carbonyl (C=O) groups excluding carboxylic acids is 3. The topological polar surface area (TPSA) is 97.4 Å². The Labute approximate surface area is 213 Å². The van der Waals surface area contributed by atoms with E-state index < -0.39 is 29.1 Å². The number of rotatable bonds is 4. The number of terminal acetylenes is 1. The SMILES string of the molecule is C#CC(=O)Oc1ccc2c(c1)Oc1cc(OCC(=O)OC(C)(C)C)ccc1C21OC(=O)c2ccccc21. The molecule has 0 aromatic heterocycles. The zero-order valence-corrected chi connectivity index (χ0v) is 20.3. The average molecular weight is 498 g/mol. The Hall–Kier alpha value is -4.77. The summed E-state index contributed by atoms with van der Waals surface area (Å²) < 4.78 is 28.3. The molecule has 186 valence electrons. The molecule has 0 radical (unpaired) electrons. The molecule has 0 saturated heterocycles. The van der Waals surface area contributed by atoms with Crippen molar-refractivity contribution < 1.29 is 38.1 Å². The van der Waals surface area contributed by atoms with Crippen LogP contribution in [0.1, 0.15) is 47.8 Å². The summed E-state index contributed by atoms with van der Waals surface area (Å²) in [6.45, 7) is 5.00. The van der Waals surface area contributed by atoms with Crippen molar-refractivity contribution >= 4 is 17.9 Å². The van der Waals surface area contributed by atoms with Gasteiger partial charge in [0.15, 0.2) is 12.2 Å². The maximum Gasteiger partial charge on any atom is 0.389 e. The molecule has 2 aliphatic heterocycles. The first-order valence-corrected chi connectivity index (χ1v) is 11.4. The van der Waals surface area contributed by atoms with Gasteiger partial charge < -0.3 is 23.7 Å². The molecule has 37 heavy (non-hydrogen) atoms. The highest BCUT2D eigenvalue weighted by Gasteiger charge is 2.53. The fraction of sp³-hybridized carbons (Fsp3) is 0.207. The standard InChI is InChI=1S/C29H22O8/c1-5-25(30)34-18-11-13-22-24(15-18)35-23-14-17(33-16-26(31)36-28(2,3)4)10-12-21(23)29(22)20-9-7-6-8-19(20)27(32)37-29/h1,6-15H,16H2,2-4H3. The molecule has 0 aliphatic carbocycles. The van der Waals surface area contributed by atoms with E-state index in [2.05, 4.69) is 0 Å². The van der Waals surface area contributed by atoms with Gasteiger partial charge in [-0.15, -0.1) is 6.42 Å². The molecule has 0 N–H and O–H groups in total. The summed E-state index contributed by atoms with van der Waals surface area (Å²) in [6.07, 6.45) is 5.12. The number of ether oxygens (including phenoxy) is 5. The first-order chi connectivity index (χ1) is 17.6. The Kier molecular flexibility index (Phi) is 5.64. The van der Waals surface area contributed by atoms with Gasteiger partial charge in [0, 0.05) is 34.7 Å². The van der Waals surface area contributed by atoms with Gasteiger partial charge in [0.1, 0.15) is 28.6 Å². The Bertz CT molecular complexity index is 1490. The van der Waals surface area contributed by atoms with Crippen molar-refractivity contribution in [3.63, 3.8) is 0 Å². The van der Waals surface area contributed by atoms with E-state index in [-0.39, 0.29) is 12.4 Å². The lowest BCUT2D eigenvalue weighted by atomic mass is 9.77. The Morgan fingerprint density at radius 1 is 0.946 bits per heavy atom. The van der Waals surface area contributed by atoms with E-state index in [1.807, 2.05) is 18.1 Å². The summed E-state index contributed by atoms with van der Waals surface area (Å²) in [4.78, 5) is 36.7. The predicted octanol–water partition coefficient (Wildman–Crippen LogP) is 4.51. The molecular weight excluding hydrogens is 476 g/mol. The molecule has 0 fully saturated rings. The van der Waals surface area contributed by atoms with E-state index in [1.54, 1.807) is 63.2 Å². The molecule has 5 rings (SSSR count). The van der Waals surface area contributed by atoms with E-state index in [0.29, 0.717) is 39.5 Å². The first-order valence-electron chi connectivity index (χ1n) is 11.4. The smallest absolute Gasteiger partial charge is 0.389 e. The maximum absolute atomic E-state index is 12.9. The highest BCUT2D eigenvalue weighted by molar-refractivity contribution is 5.97. The van der Waals surface area contributed by atoms with Crippen LogP contribution in [0.5, 0.6) is 23.0 Å². The van der Waals surface area contributed by atoms with Crippen LogP contribution in [0.25, 0.3) is 0 Å². The average Bonchev–Trinajstić information content (AvgIpc) is 3.14. The lowest BCUT2D eigenvalue weighted by Gasteiger charge is -2.36. The second-order valence-corrected chi connectivity index (χ2v) is 9.44. The predicted molar refractivity (Wildman–Crippen MR) is 131 cm³/mol. The Morgan fingerprint density at radius 2 is 1.59 bits per heavy atom. The van der Waals surface area contributed by atoms with Crippen LogP contribution in [-0.4, -0.2) is 30.1 Å². The van der Waals surface area contributed by atoms with Gasteiger partial charge in [-0.25, -0.2) is 14.4 Å². The fourth-order valence-electron chi connectivity index (χ4n) is 4.44. The number of carbonyl (C=O) groups is 3. The summed E-state index contributed by atoms with van der Waals surface area (Å²) in [6, 6.07) is 16.8. The van der Waals surface area contributed by atoms with Crippen LogP contribution in [0.3, 0.4) is 0 Å². The molecule has 1 spiro atoms. The van der Waals surface area contributed by atoms with Crippen LogP contribution in [0.4, 0.5) is 0 Å². The van der Waals surface area contributed by atoms with Gasteiger partial charge >= 0.3 is 17.9 Å². The Morgan fingerprint density at radius 3 is 2.27 bits per heavy atom. The molecule has 0 amide bonds. The molecule has 2 aliphatic rings. The minimum atomic E-state index is -1.31. The van der Waals surface area contributed by atoms with Gasteiger partial charge in [0.25, 0.3) is 0 Å². The van der Waals surface area contributed by atoms with Gasteiger partial charge in [-0.3, -0.25) is 0 Å². The van der Waals surface area contributed by atoms with Gasteiger partial charge in [-0.1, -0.05) is 18.2 Å². The normalized spacial score (nSPS) is 16.9. The molecule has 1 atom stereocenters. The van der Waals surface area contributed by atoms with Crippen molar-refractivity contribution in [3.05, 3.63) is 82.9 Å². The quantitative estimate of drug-likeness (QED) is 0.224. The van der Waals surface area contributed by atoms with Crippen molar-refractivity contribution in [2.24, 2.45) is 0 Å². The summed E-state index contributed by atoms with van der Waals surface area (Å²) in [5, 5.41) is 0. The largest absolute Gasteiger partial charge is 0.482 e. The zero-order chi connectivity index (χ0) is 26.4. The maximum atomic E-state index is 12.9. The number of hydrogen-bond acceptors (Lipinski definition) is 8. The third-order valence-electron chi connectivity index (χ3n) is 5.76. The molecule has 0 bridgehead atoms. The molecule has 3 aromatic carbocycles. The molecule has 3 aromatic rings. The van der Waals surface area contributed by atoms with E-state index >= 15 is 0 Å². The van der Waals surface area contributed by atoms with E-state index in [4.69, 9.17) is 30.1 Å². The van der Waals surface area contributed by atoms with Crippen molar-refractivity contribution in [2.75, 3.05) is 6.61 Å². The summed E-state index contributed by atoms with van der Waals surface area (Å²) >= 11 is 0. The van der Waals surface area contributed by atoms with Gasteiger partial charge in [-0.2, -0.15) is 0 Å². The van der Waals surface area contributed by atoms with Gasteiger partial charge in [-0.05, 0) is 51.1 Å². The molecule has 1 unspecified atom stereocenters. The molecule has 8 heteroatoms. The van der Waals surface area contributed by atoms with Crippen molar-refractivity contribution in [3.8, 4) is 35.3 Å². The molecule has 0 saturated carbocycles. The summed E-state index contributed by atoms with van der Waals surface area (Å²) in [5.41, 5.74) is 0.221. The summed E-state index contributed by atoms with van der Waals surface area (Å²) in [7, 11) is 0. The lowest BCUT2D eigenvalue weighted by molar-refractivity contribution is -0.157. The second kappa shape index (κ2) is 8.71. The van der Waals surface area contributed by atoms with Crippen molar-refractivity contribution in [2.45, 2.75) is 32.0 Å². The monoisotopic (exact) mass is 498 g/mol. The highest BCUT2D eigenvalue weighted by Crippen LogP contribution is 2.57. The van der Waals surface area contributed by atoms with Crippen LogP contribution in [0.2, 0.25) is 0 Å². The van der Waals surface area contributed by atoms with Crippen LogP contribution in [0, 0.1) is 12.3 Å². The van der Waals surface area contributed by atoms with Gasteiger partial charge in [0.2, 0.25) is 0 Å².